The van der Waals surface area contributed by atoms with E-state index in [1.54, 1.807) is 31.2 Å². The predicted molar refractivity (Wildman–Crippen MR) is 80.5 cm³/mol. The number of carbonyl (C=O) groups is 3. The normalized spacial score (nSPS) is 19.0. The van der Waals surface area contributed by atoms with Gasteiger partial charge < -0.3 is 19.5 Å². The number of carbonyl (C=O) groups excluding carboxylic acids is 2. The van der Waals surface area contributed by atoms with Crippen LogP contribution in [0.5, 0.6) is 5.75 Å². The summed E-state index contributed by atoms with van der Waals surface area (Å²) < 4.78 is 10.7. The summed E-state index contributed by atoms with van der Waals surface area (Å²) in [6.45, 7) is 3.46. The highest BCUT2D eigenvalue weighted by molar-refractivity contribution is 5.94. The molecule has 0 spiro atoms. The molecule has 2 atom stereocenters. The van der Waals surface area contributed by atoms with Crippen molar-refractivity contribution in [3.63, 3.8) is 0 Å². The predicted octanol–water partition coefficient (Wildman–Crippen LogP) is 0.968. The molecule has 7 heteroatoms. The van der Waals surface area contributed by atoms with Gasteiger partial charge in [0.1, 0.15) is 5.75 Å². The van der Waals surface area contributed by atoms with Crippen molar-refractivity contribution >= 4 is 17.7 Å². The Bertz CT molecular complexity index is 614. The van der Waals surface area contributed by atoms with Gasteiger partial charge in [-0.25, -0.2) is 4.79 Å². The number of carboxylic acids is 1. The van der Waals surface area contributed by atoms with Gasteiger partial charge in [0.2, 0.25) is 0 Å². The second kappa shape index (κ2) is 7.23. The summed E-state index contributed by atoms with van der Waals surface area (Å²) in [7, 11) is 0. The maximum Gasteiger partial charge on any atom is 0.328 e. The maximum absolute atomic E-state index is 12.5. The number of Topliss-reactive ketones (excluding diaryl/α,β-unsaturated/α-hetero) is 1. The summed E-state index contributed by atoms with van der Waals surface area (Å²) in [6.07, 6.45) is -0.864. The molecule has 2 unspecified atom stereocenters. The van der Waals surface area contributed by atoms with E-state index in [4.69, 9.17) is 9.47 Å². The fraction of sp³-hybridized carbons (Fsp3) is 0.438. The molecular weight excluding hydrogens is 302 g/mol. The molecule has 1 aliphatic rings. The lowest BCUT2D eigenvalue weighted by Crippen LogP contribution is -2.55. The molecule has 0 aliphatic carbocycles. The van der Waals surface area contributed by atoms with E-state index in [2.05, 4.69) is 0 Å². The monoisotopic (exact) mass is 321 g/mol. The Hall–Kier alpha value is -2.41. The van der Waals surface area contributed by atoms with Crippen molar-refractivity contribution in [3.8, 4) is 5.75 Å². The summed E-state index contributed by atoms with van der Waals surface area (Å²) in [5.41, 5.74) is 0.483. The number of ketones is 1. The number of carboxylic acid groups (broad SMARTS) is 1. The summed E-state index contributed by atoms with van der Waals surface area (Å²) >= 11 is 0. The van der Waals surface area contributed by atoms with E-state index in [1.807, 2.05) is 0 Å². The minimum Gasteiger partial charge on any atom is -0.481 e. The average molecular weight is 321 g/mol. The smallest absolute Gasteiger partial charge is 0.328 e. The van der Waals surface area contributed by atoms with Crippen molar-refractivity contribution in [1.82, 2.24) is 4.90 Å². The van der Waals surface area contributed by atoms with Crippen LogP contribution in [0.1, 0.15) is 24.2 Å². The Morgan fingerprint density at radius 1 is 1.39 bits per heavy atom. The van der Waals surface area contributed by atoms with Crippen LogP contribution in [-0.2, 0) is 14.3 Å². The SMILES string of the molecule is CC(=O)c1cccc(OC(C)C(=O)N2CCOCC2C(=O)O)c1. The average Bonchev–Trinajstić information content (AvgIpc) is 2.54. The number of benzene rings is 1. The van der Waals surface area contributed by atoms with Crippen LogP contribution in [0, 0.1) is 0 Å². The molecule has 23 heavy (non-hydrogen) atoms. The van der Waals surface area contributed by atoms with E-state index in [0.717, 1.165) is 0 Å². The second-order valence-corrected chi connectivity index (χ2v) is 5.30. The molecular formula is C16H19NO6. The van der Waals surface area contributed by atoms with Gasteiger partial charge in [0.15, 0.2) is 17.9 Å². The lowest BCUT2D eigenvalue weighted by molar-refractivity contribution is -0.161. The van der Waals surface area contributed by atoms with Crippen LogP contribution < -0.4 is 4.74 Å². The minimum absolute atomic E-state index is 0.0341. The molecule has 1 saturated heterocycles. The van der Waals surface area contributed by atoms with Crippen LogP contribution >= 0.6 is 0 Å². The fourth-order valence-electron chi connectivity index (χ4n) is 2.35. The third-order valence-electron chi connectivity index (χ3n) is 3.60. The highest BCUT2D eigenvalue weighted by Gasteiger charge is 2.35. The van der Waals surface area contributed by atoms with Gasteiger partial charge in [0.25, 0.3) is 5.91 Å². The molecule has 1 aromatic carbocycles. The van der Waals surface area contributed by atoms with E-state index in [-0.39, 0.29) is 18.9 Å². The molecule has 1 heterocycles. The highest BCUT2D eigenvalue weighted by atomic mass is 16.5. The lowest BCUT2D eigenvalue weighted by Gasteiger charge is -2.34. The van der Waals surface area contributed by atoms with Crippen LogP contribution in [-0.4, -0.2) is 59.6 Å². The van der Waals surface area contributed by atoms with Gasteiger partial charge in [-0.2, -0.15) is 0 Å². The van der Waals surface area contributed by atoms with Crippen LogP contribution in [0.2, 0.25) is 0 Å². The Kier molecular flexibility index (Phi) is 5.33. The number of rotatable bonds is 5. The molecule has 1 aliphatic heterocycles. The van der Waals surface area contributed by atoms with Crippen molar-refractivity contribution in [3.05, 3.63) is 29.8 Å². The van der Waals surface area contributed by atoms with Gasteiger partial charge in [-0.3, -0.25) is 9.59 Å². The number of morpholine rings is 1. The van der Waals surface area contributed by atoms with Gasteiger partial charge in [-0.15, -0.1) is 0 Å². The topological polar surface area (TPSA) is 93.1 Å². The zero-order chi connectivity index (χ0) is 17.0. The fourth-order valence-corrected chi connectivity index (χ4v) is 2.35. The molecule has 1 N–H and O–H groups in total. The summed E-state index contributed by atoms with van der Waals surface area (Å²) in [4.78, 5) is 36.3. The molecule has 0 bridgehead atoms. The number of ether oxygens (including phenoxy) is 2. The van der Waals surface area contributed by atoms with Gasteiger partial charge in [0, 0.05) is 12.1 Å². The molecule has 0 radical (unpaired) electrons. The zero-order valence-electron chi connectivity index (χ0n) is 13.0. The summed E-state index contributed by atoms with van der Waals surface area (Å²) in [5.74, 6) is -1.25. The first-order chi connectivity index (χ1) is 10.9. The summed E-state index contributed by atoms with van der Waals surface area (Å²) in [6, 6.07) is 5.51. The Labute approximate surface area is 133 Å². The van der Waals surface area contributed by atoms with Gasteiger partial charge >= 0.3 is 5.97 Å². The highest BCUT2D eigenvalue weighted by Crippen LogP contribution is 2.17. The quantitative estimate of drug-likeness (QED) is 0.812. The van der Waals surface area contributed by atoms with Gasteiger partial charge in [-0.1, -0.05) is 12.1 Å². The van der Waals surface area contributed by atoms with E-state index >= 15 is 0 Å². The van der Waals surface area contributed by atoms with Crippen molar-refractivity contribution in [1.29, 1.82) is 0 Å². The number of nitrogens with zero attached hydrogens (tertiary/aromatic N) is 1. The zero-order valence-corrected chi connectivity index (χ0v) is 13.0. The van der Waals surface area contributed by atoms with Crippen molar-refractivity contribution < 1.29 is 29.0 Å². The first-order valence-corrected chi connectivity index (χ1v) is 7.29. The molecule has 1 amide bonds. The minimum atomic E-state index is -1.11. The first-order valence-electron chi connectivity index (χ1n) is 7.29. The van der Waals surface area contributed by atoms with Crippen LogP contribution in [0.4, 0.5) is 0 Å². The van der Waals surface area contributed by atoms with E-state index in [9.17, 15) is 19.5 Å². The first kappa shape index (κ1) is 17.0. The van der Waals surface area contributed by atoms with Crippen LogP contribution in [0.25, 0.3) is 0 Å². The molecule has 1 fully saturated rings. The van der Waals surface area contributed by atoms with E-state index in [0.29, 0.717) is 17.9 Å². The largest absolute Gasteiger partial charge is 0.481 e. The van der Waals surface area contributed by atoms with Crippen molar-refractivity contribution in [2.45, 2.75) is 26.0 Å². The lowest BCUT2D eigenvalue weighted by atomic mass is 10.1. The molecule has 1 aromatic rings. The second-order valence-electron chi connectivity index (χ2n) is 5.30. The molecule has 7 nitrogen and oxygen atoms in total. The Morgan fingerprint density at radius 3 is 2.78 bits per heavy atom. The third kappa shape index (κ3) is 4.07. The third-order valence-corrected chi connectivity index (χ3v) is 3.60. The molecule has 0 saturated carbocycles. The number of amides is 1. The number of aliphatic carboxylic acids is 1. The van der Waals surface area contributed by atoms with Crippen LogP contribution in [0.3, 0.4) is 0 Å². The number of hydrogen-bond acceptors (Lipinski definition) is 5. The van der Waals surface area contributed by atoms with E-state index in [1.165, 1.54) is 11.8 Å². The van der Waals surface area contributed by atoms with Gasteiger partial charge in [-0.05, 0) is 26.0 Å². The molecule has 124 valence electrons. The van der Waals surface area contributed by atoms with Crippen LogP contribution in [0.15, 0.2) is 24.3 Å². The Morgan fingerprint density at radius 2 is 2.13 bits per heavy atom. The Balaban J connectivity index is 2.08. The van der Waals surface area contributed by atoms with Gasteiger partial charge in [0.05, 0.1) is 13.2 Å². The number of hydrogen-bond donors (Lipinski definition) is 1. The summed E-state index contributed by atoms with van der Waals surface area (Å²) in [5, 5.41) is 9.17. The molecule has 2 rings (SSSR count). The molecule has 0 aromatic heterocycles. The van der Waals surface area contributed by atoms with Crippen molar-refractivity contribution in [2.75, 3.05) is 19.8 Å². The maximum atomic E-state index is 12.5. The van der Waals surface area contributed by atoms with Crippen molar-refractivity contribution in [2.24, 2.45) is 0 Å². The van der Waals surface area contributed by atoms with E-state index < -0.39 is 24.0 Å². The standard InChI is InChI=1S/C16H19NO6/c1-10(18)12-4-3-5-13(8-12)23-11(2)15(19)17-6-7-22-9-14(17)16(20)21/h3-5,8,11,14H,6-7,9H2,1-2H3,(H,20,21).